The quantitative estimate of drug-likeness (QED) is 0.336. The van der Waals surface area contributed by atoms with Gasteiger partial charge in [-0.25, -0.2) is 0 Å². The van der Waals surface area contributed by atoms with Crippen molar-refractivity contribution in [2.75, 3.05) is 36.2 Å². The number of nitrogens with zero attached hydrogens (tertiary/aromatic N) is 4. The second kappa shape index (κ2) is 11.4. The Morgan fingerprint density at radius 1 is 1.19 bits per heavy atom. The molecule has 1 amide bonds. The molecular weight excluding hydrogens is 422 g/mol. The van der Waals surface area contributed by atoms with Crippen molar-refractivity contribution >= 4 is 29.0 Å². The van der Waals surface area contributed by atoms with E-state index < -0.39 is 0 Å². The van der Waals surface area contributed by atoms with Crippen LogP contribution in [0.4, 0.5) is 11.4 Å². The molecule has 1 aromatic heterocycles. The number of rotatable bonds is 11. The van der Waals surface area contributed by atoms with Gasteiger partial charge in [0.1, 0.15) is 5.75 Å². The van der Waals surface area contributed by atoms with Crippen molar-refractivity contribution in [1.29, 1.82) is 0 Å². The third kappa shape index (κ3) is 5.70. The largest absolute Gasteiger partial charge is 0.497 e. The van der Waals surface area contributed by atoms with Crippen molar-refractivity contribution in [3.63, 3.8) is 0 Å². The number of hydrogen-bond acceptors (Lipinski definition) is 6. The molecule has 1 heterocycles. The van der Waals surface area contributed by atoms with Gasteiger partial charge in [0, 0.05) is 42.6 Å². The Bertz CT molecular complexity index is 1040. The number of nitrogens with one attached hydrogen (secondary N) is 1. The topological polar surface area (TPSA) is 72.3 Å². The number of benzene rings is 2. The number of anilines is 2. The minimum atomic E-state index is -0.124. The molecule has 0 atom stereocenters. The van der Waals surface area contributed by atoms with Crippen molar-refractivity contribution in [3.05, 3.63) is 61.2 Å². The lowest BCUT2D eigenvalue weighted by molar-refractivity contribution is -0.113. The van der Waals surface area contributed by atoms with Crippen LogP contribution >= 0.6 is 11.8 Å². The molecule has 3 rings (SSSR count). The molecule has 0 spiro atoms. The molecule has 7 nitrogen and oxygen atoms in total. The maximum Gasteiger partial charge on any atom is 0.234 e. The Labute approximate surface area is 193 Å². The zero-order valence-corrected chi connectivity index (χ0v) is 19.6. The molecule has 168 valence electrons. The minimum absolute atomic E-state index is 0.124. The smallest absolute Gasteiger partial charge is 0.234 e. The van der Waals surface area contributed by atoms with Crippen molar-refractivity contribution in [2.45, 2.75) is 25.5 Å². The van der Waals surface area contributed by atoms with Crippen molar-refractivity contribution in [2.24, 2.45) is 0 Å². The summed E-state index contributed by atoms with van der Waals surface area (Å²) in [4.78, 5) is 14.7. The Balaban J connectivity index is 1.71. The van der Waals surface area contributed by atoms with E-state index in [0.717, 1.165) is 24.5 Å². The number of carbonyl (C=O) groups excluding carboxylic acids is 1. The lowest BCUT2D eigenvalue weighted by Gasteiger charge is -2.21. The number of amides is 1. The van der Waals surface area contributed by atoms with E-state index in [1.165, 1.54) is 17.4 Å². The first-order valence-electron chi connectivity index (χ1n) is 10.6. The van der Waals surface area contributed by atoms with Crippen LogP contribution in [0.5, 0.6) is 5.75 Å². The highest BCUT2D eigenvalue weighted by molar-refractivity contribution is 7.99. The van der Waals surface area contributed by atoms with Crippen molar-refractivity contribution in [1.82, 2.24) is 14.8 Å². The molecule has 3 aromatic rings. The van der Waals surface area contributed by atoms with Gasteiger partial charge in [0.15, 0.2) is 11.0 Å². The molecule has 0 aliphatic carbocycles. The van der Waals surface area contributed by atoms with Gasteiger partial charge in [0.25, 0.3) is 0 Å². The lowest BCUT2D eigenvalue weighted by Crippen LogP contribution is -2.21. The van der Waals surface area contributed by atoms with Gasteiger partial charge in [-0.2, -0.15) is 0 Å². The Morgan fingerprint density at radius 3 is 2.59 bits per heavy atom. The van der Waals surface area contributed by atoms with E-state index in [1.54, 1.807) is 19.3 Å². The van der Waals surface area contributed by atoms with Gasteiger partial charge in [-0.15, -0.1) is 16.8 Å². The normalized spacial score (nSPS) is 10.6. The van der Waals surface area contributed by atoms with E-state index >= 15 is 0 Å². The first kappa shape index (κ1) is 23.4. The maximum absolute atomic E-state index is 12.4. The van der Waals surface area contributed by atoms with E-state index in [4.69, 9.17) is 4.74 Å². The summed E-state index contributed by atoms with van der Waals surface area (Å²) in [6.45, 7) is 10.6. The third-order valence-corrected chi connectivity index (χ3v) is 5.94. The Kier molecular flexibility index (Phi) is 8.33. The molecule has 1 N–H and O–H groups in total. The molecule has 0 bridgehead atoms. The highest BCUT2D eigenvalue weighted by Gasteiger charge is 2.15. The number of aromatic nitrogens is 3. The van der Waals surface area contributed by atoms with E-state index in [1.807, 2.05) is 22.8 Å². The second-order valence-corrected chi connectivity index (χ2v) is 7.94. The van der Waals surface area contributed by atoms with E-state index in [0.29, 0.717) is 23.1 Å². The fourth-order valence-corrected chi connectivity index (χ4v) is 4.09. The molecule has 8 heteroatoms. The molecular formula is C24H29N5O2S. The third-order valence-electron chi connectivity index (χ3n) is 4.97. The standard InChI is InChI=1S/C24H29N5O2S/c1-5-15-29-23(18-11-13-20(14-12-18)28(6-2)7-3)26-27-24(29)32-17-22(30)25-19-9-8-10-21(16-19)31-4/h5,8-14,16H,1,6-7,15,17H2,2-4H3,(H,25,30). The number of allylic oxidation sites excluding steroid dienone is 1. The molecule has 0 aliphatic rings. The van der Waals surface area contributed by atoms with Crippen LogP contribution in [-0.2, 0) is 11.3 Å². The summed E-state index contributed by atoms with van der Waals surface area (Å²) < 4.78 is 7.17. The van der Waals surface area contributed by atoms with E-state index in [2.05, 4.69) is 65.1 Å². The predicted octanol–water partition coefficient (Wildman–Crippen LogP) is 4.72. The maximum atomic E-state index is 12.4. The van der Waals surface area contributed by atoms with Crippen LogP contribution in [0.2, 0.25) is 0 Å². The Morgan fingerprint density at radius 2 is 1.94 bits per heavy atom. The van der Waals surface area contributed by atoms with Crippen molar-refractivity contribution in [3.8, 4) is 17.1 Å². The van der Waals surface area contributed by atoms with Crippen LogP contribution in [0.3, 0.4) is 0 Å². The summed E-state index contributed by atoms with van der Waals surface area (Å²) >= 11 is 1.35. The number of methoxy groups -OCH3 is 1. The van der Waals surface area contributed by atoms with Crippen LogP contribution in [0.1, 0.15) is 13.8 Å². The van der Waals surface area contributed by atoms with Gasteiger partial charge < -0.3 is 15.0 Å². The summed E-state index contributed by atoms with van der Waals surface area (Å²) in [5.41, 5.74) is 2.84. The first-order valence-corrected chi connectivity index (χ1v) is 11.5. The number of hydrogen-bond donors (Lipinski definition) is 1. The van der Waals surface area contributed by atoms with Crippen LogP contribution in [0.15, 0.2) is 66.3 Å². The SMILES string of the molecule is C=CCn1c(SCC(=O)Nc2cccc(OC)c2)nnc1-c1ccc(N(CC)CC)cc1. The molecule has 0 fully saturated rings. The molecule has 32 heavy (non-hydrogen) atoms. The van der Waals surface area contributed by atoms with Gasteiger partial charge >= 0.3 is 0 Å². The molecule has 0 aliphatic heterocycles. The summed E-state index contributed by atoms with van der Waals surface area (Å²) in [5.74, 6) is 1.54. The fraction of sp³-hybridized carbons (Fsp3) is 0.292. The van der Waals surface area contributed by atoms with Crippen LogP contribution in [0.25, 0.3) is 11.4 Å². The monoisotopic (exact) mass is 451 g/mol. The molecule has 2 aromatic carbocycles. The molecule has 0 saturated heterocycles. The molecule has 0 unspecified atom stereocenters. The summed E-state index contributed by atoms with van der Waals surface area (Å²) in [7, 11) is 1.60. The highest BCUT2D eigenvalue weighted by Crippen LogP contribution is 2.26. The van der Waals surface area contributed by atoms with Crippen LogP contribution in [0, 0.1) is 0 Å². The predicted molar refractivity (Wildman–Crippen MR) is 132 cm³/mol. The molecule has 0 radical (unpaired) electrons. The Hall–Kier alpha value is -3.26. The van der Waals surface area contributed by atoms with Crippen LogP contribution < -0.4 is 15.0 Å². The lowest BCUT2D eigenvalue weighted by atomic mass is 10.2. The number of ether oxygens (including phenoxy) is 1. The van der Waals surface area contributed by atoms with Crippen LogP contribution in [-0.4, -0.2) is 46.6 Å². The number of carbonyl (C=O) groups is 1. The average Bonchev–Trinajstić information content (AvgIpc) is 3.22. The summed E-state index contributed by atoms with van der Waals surface area (Å²) in [6.07, 6.45) is 1.80. The van der Waals surface area contributed by atoms with Gasteiger partial charge in [-0.3, -0.25) is 9.36 Å². The van der Waals surface area contributed by atoms with E-state index in [-0.39, 0.29) is 11.7 Å². The minimum Gasteiger partial charge on any atom is -0.497 e. The fourth-order valence-electron chi connectivity index (χ4n) is 3.34. The van der Waals surface area contributed by atoms with Crippen molar-refractivity contribution < 1.29 is 9.53 Å². The van der Waals surface area contributed by atoms with Gasteiger partial charge in [0.05, 0.1) is 12.9 Å². The first-order chi connectivity index (χ1) is 15.6. The highest BCUT2D eigenvalue weighted by atomic mass is 32.2. The average molecular weight is 452 g/mol. The second-order valence-electron chi connectivity index (χ2n) is 6.99. The van der Waals surface area contributed by atoms with Gasteiger partial charge in [-0.1, -0.05) is 23.9 Å². The van der Waals surface area contributed by atoms with Gasteiger partial charge in [-0.05, 0) is 50.2 Å². The van der Waals surface area contributed by atoms with Gasteiger partial charge in [0.2, 0.25) is 5.91 Å². The summed E-state index contributed by atoms with van der Waals surface area (Å²) in [5, 5.41) is 12.3. The van der Waals surface area contributed by atoms with E-state index in [9.17, 15) is 4.79 Å². The molecule has 0 saturated carbocycles. The number of thioether (sulfide) groups is 1. The summed E-state index contributed by atoms with van der Waals surface area (Å²) in [6, 6.07) is 15.6. The zero-order chi connectivity index (χ0) is 22.9. The zero-order valence-electron chi connectivity index (χ0n) is 18.7.